The molecule has 0 radical (unpaired) electrons. The van der Waals surface area contributed by atoms with Gasteiger partial charge in [-0.25, -0.2) is 9.78 Å². The van der Waals surface area contributed by atoms with Crippen LogP contribution in [0.3, 0.4) is 0 Å². The summed E-state index contributed by atoms with van der Waals surface area (Å²) in [5, 5.41) is 4.49. The molecule has 1 heterocycles. The minimum atomic E-state index is -0.514. The third-order valence-electron chi connectivity index (χ3n) is 2.70. The number of esters is 1. The van der Waals surface area contributed by atoms with E-state index in [0.717, 1.165) is 21.4 Å². The first-order valence-electron chi connectivity index (χ1n) is 6.22. The van der Waals surface area contributed by atoms with E-state index in [4.69, 9.17) is 4.74 Å². The second-order valence-electron chi connectivity index (χ2n) is 4.12. The van der Waals surface area contributed by atoms with E-state index in [0.29, 0.717) is 5.69 Å². The van der Waals surface area contributed by atoms with Crippen molar-refractivity contribution in [2.75, 3.05) is 11.9 Å². The third-order valence-corrected chi connectivity index (χ3v) is 4.38. The number of carbonyl (C=O) groups is 2. The molecule has 110 valence electrons. The first kappa shape index (κ1) is 15.7. The molecule has 0 aliphatic rings. The molecule has 0 saturated carbocycles. The number of anilines is 1. The van der Waals surface area contributed by atoms with Crippen LogP contribution in [0.4, 0.5) is 5.69 Å². The molecule has 1 aromatic carbocycles. The number of benzene rings is 1. The van der Waals surface area contributed by atoms with Crippen molar-refractivity contribution in [1.29, 1.82) is 0 Å². The summed E-state index contributed by atoms with van der Waals surface area (Å²) in [6.07, 6.45) is 0. The van der Waals surface area contributed by atoms with Gasteiger partial charge >= 0.3 is 5.97 Å². The second kappa shape index (κ2) is 6.82. The van der Waals surface area contributed by atoms with Gasteiger partial charge in [0.15, 0.2) is 0 Å². The Hall–Kier alpha value is -1.73. The lowest BCUT2D eigenvalue weighted by atomic mass is 10.2. The third kappa shape index (κ3) is 3.68. The minimum absolute atomic E-state index is 0.174. The van der Waals surface area contributed by atoms with Gasteiger partial charge in [-0.2, -0.15) is 0 Å². The maximum absolute atomic E-state index is 12.1. The molecule has 0 bridgehead atoms. The molecule has 1 N–H and O–H groups in total. The molecule has 0 unspecified atom stereocenters. The van der Waals surface area contributed by atoms with Crippen LogP contribution >= 0.6 is 27.3 Å². The Bertz CT molecular complexity index is 685. The van der Waals surface area contributed by atoms with Gasteiger partial charge in [0.25, 0.3) is 5.91 Å². The highest BCUT2D eigenvalue weighted by atomic mass is 79.9. The van der Waals surface area contributed by atoms with Crippen LogP contribution < -0.4 is 5.32 Å². The van der Waals surface area contributed by atoms with Crippen LogP contribution in [0.2, 0.25) is 0 Å². The second-order valence-corrected chi connectivity index (χ2v) is 5.84. The highest BCUT2D eigenvalue weighted by Gasteiger charge is 2.17. The average Bonchev–Trinajstić information content (AvgIpc) is 2.94. The summed E-state index contributed by atoms with van der Waals surface area (Å²) in [5.41, 5.74) is 1.81. The Morgan fingerprint density at radius 3 is 2.90 bits per heavy atom. The van der Waals surface area contributed by atoms with E-state index in [1.807, 2.05) is 19.1 Å². The topological polar surface area (TPSA) is 68.3 Å². The van der Waals surface area contributed by atoms with Gasteiger partial charge in [-0.1, -0.05) is 22.0 Å². The molecule has 0 fully saturated rings. The van der Waals surface area contributed by atoms with Gasteiger partial charge in [0.2, 0.25) is 5.01 Å². The van der Waals surface area contributed by atoms with Crippen LogP contribution in [-0.4, -0.2) is 23.5 Å². The van der Waals surface area contributed by atoms with Crippen molar-refractivity contribution in [3.8, 4) is 0 Å². The Kier molecular flexibility index (Phi) is 5.08. The van der Waals surface area contributed by atoms with Gasteiger partial charge < -0.3 is 10.1 Å². The molecule has 2 rings (SSSR count). The summed E-state index contributed by atoms with van der Waals surface area (Å²) in [5.74, 6) is -0.872. The van der Waals surface area contributed by atoms with Crippen LogP contribution in [0, 0.1) is 6.92 Å². The predicted octanol–water partition coefficient (Wildman–Crippen LogP) is 3.64. The van der Waals surface area contributed by atoms with Crippen LogP contribution in [0.1, 0.15) is 32.8 Å². The summed E-state index contributed by atoms with van der Waals surface area (Å²) >= 11 is 4.49. The SMILES string of the molecule is CCOC(=O)c1nc(C(=O)Nc2cccc(Br)c2C)cs1. The molecule has 0 aliphatic heterocycles. The van der Waals surface area contributed by atoms with E-state index < -0.39 is 5.97 Å². The molecule has 0 spiro atoms. The molecule has 21 heavy (non-hydrogen) atoms. The Morgan fingerprint density at radius 2 is 2.19 bits per heavy atom. The smallest absolute Gasteiger partial charge is 0.367 e. The Balaban J connectivity index is 2.14. The number of carbonyl (C=O) groups excluding carboxylic acids is 2. The number of halogens is 1. The lowest BCUT2D eigenvalue weighted by Gasteiger charge is -2.08. The molecule has 0 aliphatic carbocycles. The summed E-state index contributed by atoms with van der Waals surface area (Å²) < 4.78 is 5.75. The number of aromatic nitrogens is 1. The summed E-state index contributed by atoms with van der Waals surface area (Å²) in [4.78, 5) is 27.7. The molecule has 7 heteroatoms. The average molecular weight is 369 g/mol. The molecular weight excluding hydrogens is 356 g/mol. The fourth-order valence-electron chi connectivity index (χ4n) is 1.59. The van der Waals surface area contributed by atoms with Gasteiger partial charge in [-0.05, 0) is 31.5 Å². The number of hydrogen-bond donors (Lipinski definition) is 1. The number of nitrogens with zero attached hydrogens (tertiary/aromatic N) is 1. The zero-order chi connectivity index (χ0) is 15.4. The van der Waals surface area contributed by atoms with Gasteiger partial charge in [0.05, 0.1) is 6.61 Å². The standard InChI is InChI=1S/C14H13BrN2O3S/c1-3-20-14(19)13-17-11(7-21-13)12(18)16-10-6-4-5-9(15)8(10)2/h4-7H,3H2,1-2H3,(H,16,18). The van der Waals surface area contributed by atoms with Crippen LogP contribution in [0.25, 0.3) is 0 Å². The Morgan fingerprint density at radius 1 is 1.43 bits per heavy atom. The van der Waals surface area contributed by atoms with Gasteiger partial charge in [0.1, 0.15) is 5.69 Å². The zero-order valence-corrected chi connectivity index (χ0v) is 13.9. The van der Waals surface area contributed by atoms with E-state index in [9.17, 15) is 9.59 Å². The minimum Gasteiger partial charge on any atom is -0.461 e. The number of hydrogen-bond acceptors (Lipinski definition) is 5. The fourth-order valence-corrected chi connectivity index (χ4v) is 2.65. The largest absolute Gasteiger partial charge is 0.461 e. The molecule has 5 nitrogen and oxygen atoms in total. The van der Waals surface area contributed by atoms with Crippen LogP contribution in [0.15, 0.2) is 28.1 Å². The summed E-state index contributed by atoms with van der Waals surface area (Å²) in [6, 6.07) is 5.53. The maximum Gasteiger partial charge on any atom is 0.367 e. The van der Waals surface area contributed by atoms with Gasteiger partial charge in [-0.3, -0.25) is 4.79 Å². The fraction of sp³-hybridized carbons (Fsp3) is 0.214. The highest BCUT2D eigenvalue weighted by Crippen LogP contribution is 2.24. The van der Waals surface area contributed by atoms with E-state index in [-0.39, 0.29) is 23.2 Å². The molecule has 2 aromatic rings. The quantitative estimate of drug-likeness (QED) is 0.836. The van der Waals surface area contributed by atoms with Crippen molar-refractivity contribution in [2.45, 2.75) is 13.8 Å². The first-order valence-corrected chi connectivity index (χ1v) is 7.89. The summed E-state index contributed by atoms with van der Waals surface area (Å²) in [7, 11) is 0. The molecule has 0 atom stereocenters. The van der Waals surface area contributed by atoms with E-state index in [1.165, 1.54) is 5.38 Å². The van der Waals surface area contributed by atoms with E-state index >= 15 is 0 Å². The van der Waals surface area contributed by atoms with Crippen molar-refractivity contribution >= 4 is 44.8 Å². The molecule has 1 amide bonds. The molecule has 0 saturated heterocycles. The van der Waals surface area contributed by atoms with Crippen molar-refractivity contribution in [3.05, 3.63) is 44.3 Å². The van der Waals surface area contributed by atoms with Crippen LogP contribution in [-0.2, 0) is 4.74 Å². The normalized spacial score (nSPS) is 10.2. The molecule has 1 aromatic heterocycles. The van der Waals surface area contributed by atoms with Crippen molar-refractivity contribution < 1.29 is 14.3 Å². The number of thiazole rings is 1. The lowest BCUT2D eigenvalue weighted by molar-refractivity contribution is 0.0526. The molecular formula is C14H13BrN2O3S. The zero-order valence-electron chi connectivity index (χ0n) is 11.5. The highest BCUT2D eigenvalue weighted by molar-refractivity contribution is 9.10. The van der Waals surface area contributed by atoms with Gasteiger partial charge in [0, 0.05) is 15.5 Å². The maximum atomic E-state index is 12.1. The van der Waals surface area contributed by atoms with Crippen molar-refractivity contribution in [1.82, 2.24) is 4.98 Å². The number of nitrogens with one attached hydrogen (secondary N) is 1. The monoisotopic (exact) mass is 368 g/mol. The first-order chi connectivity index (χ1) is 10.0. The summed E-state index contributed by atoms with van der Waals surface area (Å²) in [6.45, 7) is 3.89. The predicted molar refractivity (Wildman–Crippen MR) is 84.9 cm³/mol. The van der Waals surface area contributed by atoms with E-state index in [2.05, 4.69) is 26.2 Å². The number of ether oxygens (including phenoxy) is 1. The number of amides is 1. The van der Waals surface area contributed by atoms with E-state index in [1.54, 1.807) is 13.0 Å². The lowest BCUT2D eigenvalue weighted by Crippen LogP contribution is -2.14. The van der Waals surface area contributed by atoms with Gasteiger partial charge in [-0.15, -0.1) is 11.3 Å². The van der Waals surface area contributed by atoms with Crippen molar-refractivity contribution in [2.24, 2.45) is 0 Å². The Labute approximate surface area is 134 Å². The van der Waals surface area contributed by atoms with Crippen LogP contribution in [0.5, 0.6) is 0 Å². The number of rotatable bonds is 4. The van der Waals surface area contributed by atoms with Crippen molar-refractivity contribution in [3.63, 3.8) is 0 Å².